The molecule has 1 amide bonds. The smallest absolute Gasteiger partial charge is 0.339 e. The monoisotopic (exact) mass is 424 g/mol. The van der Waals surface area contributed by atoms with E-state index in [9.17, 15) is 18.0 Å². The standard InChI is InChI=1S/C22H20N2O5S/c1-24(18-12-6-3-7-13-18)30(27,28)19-14-8-11-17(15-19)22(26)29-20(21(23)25)16-9-4-2-5-10-16/h2-15,20H,1H3,(H2,23,25). The molecular formula is C22H20N2O5S. The first-order chi connectivity index (χ1) is 14.3. The van der Waals surface area contributed by atoms with Gasteiger partial charge in [0.25, 0.3) is 15.9 Å². The van der Waals surface area contributed by atoms with Gasteiger partial charge in [-0.05, 0) is 30.3 Å². The van der Waals surface area contributed by atoms with Gasteiger partial charge in [-0.25, -0.2) is 13.2 Å². The fourth-order valence-electron chi connectivity index (χ4n) is 2.81. The van der Waals surface area contributed by atoms with Crippen LogP contribution in [-0.2, 0) is 19.6 Å². The molecule has 0 saturated heterocycles. The van der Waals surface area contributed by atoms with E-state index in [1.54, 1.807) is 60.7 Å². The highest BCUT2D eigenvalue weighted by Crippen LogP contribution is 2.24. The molecule has 0 bridgehead atoms. The summed E-state index contributed by atoms with van der Waals surface area (Å²) in [7, 11) is -2.49. The van der Waals surface area contributed by atoms with Crippen molar-refractivity contribution < 1.29 is 22.7 Å². The molecule has 3 aromatic carbocycles. The van der Waals surface area contributed by atoms with Gasteiger partial charge in [0.1, 0.15) is 0 Å². The molecule has 2 N–H and O–H groups in total. The van der Waals surface area contributed by atoms with Gasteiger partial charge in [0.15, 0.2) is 0 Å². The SMILES string of the molecule is CN(c1ccccc1)S(=O)(=O)c1cccc(C(=O)OC(C(N)=O)c2ccccc2)c1. The summed E-state index contributed by atoms with van der Waals surface area (Å²) in [6, 6.07) is 22.3. The largest absolute Gasteiger partial charge is 0.444 e. The van der Waals surface area contributed by atoms with E-state index in [-0.39, 0.29) is 10.5 Å². The lowest BCUT2D eigenvalue weighted by molar-refractivity contribution is -0.127. The minimum absolute atomic E-state index is 0.0142. The van der Waals surface area contributed by atoms with E-state index in [1.165, 1.54) is 31.3 Å². The number of carbonyl (C=O) groups is 2. The van der Waals surface area contributed by atoms with E-state index in [4.69, 9.17) is 10.5 Å². The average molecular weight is 424 g/mol. The molecule has 154 valence electrons. The molecule has 3 rings (SSSR count). The van der Waals surface area contributed by atoms with Crippen LogP contribution < -0.4 is 10.0 Å². The Balaban J connectivity index is 1.87. The summed E-state index contributed by atoms with van der Waals surface area (Å²) >= 11 is 0. The molecule has 0 saturated carbocycles. The maximum absolute atomic E-state index is 13.0. The summed E-state index contributed by atoms with van der Waals surface area (Å²) in [6.07, 6.45) is -1.29. The normalized spacial score (nSPS) is 12.0. The number of rotatable bonds is 7. The van der Waals surface area contributed by atoms with Gasteiger partial charge >= 0.3 is 5.97 Å². The zero-order valence-electron chi connectivity index (χ0n) is 16.1. The third kappa shape index (κ3) is 4.49. The van der Waals surface area contributed by atoms with Gasteiger partial charge in [0.2, 0.25) is 6.10 Å². The Kier molecular flexibility index (Phi) is 6.17. The molecule has 0 heterocycles. The van der Waals surface area contributed by atoms with Crippen molar-refractivity contribution in [1.82, 2.24) is 0 Å². The van der Waals surface area contributed by atoms with Crippen LogP contribution in [0.15, 0.2) is 89.8 Å². The number of benzene rings is 3. The Bertz CT molecular complexity index is 1150. The maximum atomic E-state index is 13.0. The molecular weight excluding hydrogens is 404 g/mol. The highest BCUT2D eigenvalue weighted by molar-refractivity contribution is 7.92. The van der Waals surface area contributed by atoms with Crippen LogP contribution in [0.5, 0.6) is 0 Å². The first-order valence-electron chi connectivity index (χ1n) is 9.00. The zero-order chi connectivity index (χ0) is 21.7. The van der Waals surface area contributed by atoms with Crippen LogP contribution in [0.25, 0.3) is 0 Å². The Hall–Kier alpha value is -3.65. The Morgan fingerprint density at radius 2 is 1.50 bits per heavy atom. The topological polar surface area (TPSA) is 107 Å². The molecule has 0 aliphatic carbocycles. The number of esters is 1. The number of nitrogens with zero attached hydrogens (tertiary/aromatic N) is 1. The second-order valence-electron chi connectivity index (χ2n) is 6.43. The van der Waals surface area contributed by atoms with E-state index >= 15 is 0 Å². The van der Waals surface area contributed by atoms with Gasteiger partial charge < -0.3 is 10.5 Å². The van der Waals surface area contributed by atoms with Crippen LogP contribution >= 0.6 is 0 Å². The predicted octanol–water partition coefficient (Wildman–Crippen LogP) is 2.90. The lowest BCUT2D eigenvalue weighted by Gasteiger charge is -2.20. The van der Waals surface area contributed by atoms with Crippen molar-refractivity contribution in [3.63, 3.8) is 0 Å². The Morgan fingerprint density at radius 3 is 2.10 bits per heavy atom. The number of nitrogens with two attached hydrogens (primary N) is 1. The predicted molar refractivity (Wildman–Crippen MR) is 112 cm³/mol. The molecule has 0 aliphatic heterocycles. The number of hydrogen-bond acceptors (Lipinski definition) is 5. The molecule has 3 aromatic rings. The summed E-state index contributed by atoms with van der Waals surface area (Å²) in [6.45, 7) is 0. The van der Waals surface area contributed by atoms with E-state index in [0.29, 0.717) is 11.3 Å². The van der Waals surface area contributed by atoms with Crippen molar-refractivity contribution in [3.05, 3.63) is 96.1 Å². The average Bonchev–Trinajstić information content (AvgIpc) is 2.77. The second-order valence-corrected chi connectivity index (χ2v) is 8.40. The molecule has 7 nitrogen and oxygen atoms in total. The van der Waals surface area contributed by atoms with Crippen molar-refractivity contribution >= 4 is 27.6 Å². The lowest BCUT2D eigenvalue weighted by Crippen LogP contribution is -2.27. The number of para-hydroxylation sites is 1. The summed E-state index contributed by atoms with van der Waals surface area (Å²) in [4.78, 5) is 24.3. The first-order valence-corrected chi connectivity index (χ1v) is 10.4. The van der Waals surface area contributed by atoms with Crippen molar-refractivity contribution in [3.8, 4) is 0 Å². The first kappa shape index (κ1) is 21.1. The Labute approximate surface area is 174 Å². The molecule has 0 aliphatic rings. The number of hydrogen-bond donors (Lipinski definition) is 1. The highest BCUT2D eigenvalue weighted by atomic mass is 32.2. The van der Waals surface area contributed by atoms with Crippen molar-refractivity contribution in [2.45, 2.75) is 11.0 Å². The summed E-state index contributed by atoms with van der Waals surface area (Å²) in [5, 5.41) is 0. The Morgan fingerprint density at radius 1 is 0.900 bits per heavy atom. The van der Waals surface area contributed by atoms with Gasteiger partial charge in [-0.3, -0.25) is 9.10 Å². The molecule has 0 aromatic heterocycles. The van der Waals surface area contributed by atoms with Crippen molar-refractivity contribution in [2.75, 3.05) is 11.4 Å². The van der Waals surface area contributed by atoms with Gasteiger partial charge in [0, 0.05) is 12.6 Å². The third-order valence-corrected chi connectivity index (χ3v) is 6.22. The molecule has 8 heteroatoms. The van der Waals surface area contributed by atoms with Gasteiger partial charge in [-0.2, -0.15) is 0 Å². The number of sulfonamides is 1. The van der Waals surface area contributed by atoms with E-state index < -0.39 is 28.0 Å². The minimum Gasteiger partial charge on any atom is -0.444 e. The molecule has 1 unspecified atom stereocenters. The number of anilines is 1. The van der Waals surface area contributed by atoms with E-state index in [1.807, 2.05) is 0 Å². The van der Waals surface area contributed by atoms with Crippen LogP contribution in [0, 0.1) is 0 Å². The third-order valence-electron chi connectivity index (χ3n) is 4.43. The molecule has 0 radical (unpaired) electrons. The minimum atomic E-state index is -3.91. The molecule has 30 heavy (non-hydrogen) atoms. The van der Waals surface area contributed by atoms with E-state index in [2.05, 4.69) is 0 Å². The van der Waals surface area contributed by atoms with Crippen molar-refractivity contribution in [1.29, 1.82) is 0 Å². The van der Waals surface area contributed by atoms with Gasteiger partial charge in [0.05, 0.1) is 16.1 Å². The van der Waals surface area contributed by atoms with Crippen molar-refractivity contribution in [2.24, 2.45) is 5.73 Å². The number of primary amides is 1. The van der Waals surface area contributed by atoms with Crippen LogP contribution in [-0.4, -0.2) is 27.3 Å². The summed E-state index contributed by atoms with van der Waals surface area (Å²) < 4.78 is 32.3. The maximum Gasteiger partial charge on any atom is 0.339 e. The van der Waals surface area contributed by atoms with Crippen LogP contribution in [0.4, 0.5) is 5.69 Å². The number of ether oxygens (including phenoxy) is 1. The van der Waals surface area contributed by atoms with Crippen LogP contribution in [0.1, 0.15) is 22.0 Å². The zero-order valence-corrected chi connectivity index (χ0v) is 17.0. The summed E-state index contributed by atoms with van der Waals surface area (Å²) in [5.74, 6) is -1.69. The lowest BCUT2D eigenvalue weighted by atomic mass is 10.1. The molecule has 1 atom stereocenters. The van der Waals surface area contributed by atoms with Gasteiger partial charge in [-0.1, -0.05) is 54.6 Å². The number of amides is 1. The summed E-state index contributed by atoms with van der Waals surface area (Å²) in [5.41, 5.74) is 6.26. The fraction of sp³-hybridized carbons (Fsp3) is 0.0909. The molecule has 0 fully saturated rings. The second kappa shape index (κ2) is 8.79. The van der Waals surface area contributed by atoms with Crippen LogP contribution in [0.3, 0.4) is 0 Å². The van der Waals surface area contributed by atoms with Crippen LogP contribution in [0.2, 0.25) is 0 Å². The fourth-order valence-corrected chi connectivity index (χ4v) is 4.05. The van der Waals surface area contributed by atoms with E-state index in [0.717, 1.165) is 4.31 Å². The highest BCUT2D eigenvalue weighted by Gasteiger charge is 2.26. The quantitative estimate of drug-likeness (QED) is 0.587. The van der Waals surface area contributed by atoms with Gasteiger partial charge in [-0.15, -0.1) is 0 Å². The molecule has 0 spiro atoms. The number of carbonyl (C=O) groups excluding carboxylic acids is 2.